The predicted molar refractivity (Wildman–Crippen MR) is 426 cm³/mol. The van der Waals surface area contributed by atoms with Crippen molar-refractivity contribution >= 4 is 17.8 Å². The van der Waals surface area contributed by atoms with Crippen molar-refractivity contribution in [2.45, 2.75) is 490 Å². The van der Waals surface area contributed by atoms with Crippen LogP contribution in [0.15, 0.2) is 12.2 Å². The lowest BCUT2D eigenvalue weighted by Gasteiger charge is -2.50. The van der Waals surface area contributed by atoms with Gasteiger partial charge in [0.2, 0.25) is 11.8 Å². The number of amides is 2. The minimum absolute atomic E-state index is 0.206. The molecule has 642 valence electrons. The highest BCUT2D eigenvalue weighted by Gasteiger charge is 2.60. The summed E-state index contributed by atoms with van der Waals surface area (Å²) < 4.78 is 35.0. The summed E-state index contributed by atoms with van der Waals surface area (Å²) in [4.78, 5) is 38.8. The predicted octanol–water partition coefficient (Wildman–Crippen LogP) is 13.7. The molecule has 3 fully saturated rings. The Morgan fingerprint density at radius 2 is 0.853 bits per heavy atom. The van der Waals surface area contributed by atoms with Gasteiger partial charge in [0.1, 0.15) is 67.1 Å². The van der Waals surface area contributed by atoms with Gasteiger partial charge in [0, 0.05) is 19.8 Å². The molecule has 0 bridgehead atoms. The summed E-state index contributed by atoms with van der Waals surface area (Å²) in [6.07, 6.45) is 44.0. The molecule has 0 spiro atoms. The second-order valence-electron chi connectivity index (χ2n) is 32.5. The summed E-state index contributed by atoms with van der Waals surface area (Å²) in [5.41, 5.74) is 0. The van der Waals surface area contributed by atoms with E-state index in [1.807, 2.05) is 6.08 Å². The number of rotatable bonds is 72. The number of aliphatic carboxylic acids is 1. The number of aliphatic hydroxyl groups is 11. The molecule has 0 radical (unpaired) electrons. The van der Waals surface area contributed by atoms with Crippen molar-refractivity contribution < 1.29 is 104 Å². The van der Waals surface area contributed by atoms with Crippen LogP contribution in [0.2, 0.25) is 0 Å². The van der Waals surface area contributed by atoms with Crippen molar-refractivity contribution in [3.8, 4) is 0 Å². The van der Waals surface area contributed by atoms with Crippen molar-refractivity contribution in [2.24, 2.45) is 0 Å². The summed E-state index contributed by atoms with van der Waals surface area (Å²) in [6.45, 7) is 2.22. The molecular formula is C86H162N2O21. The maximum Gasteiger partial charge on any atom is 0.364 e. The average Bonchev–Trinajstić information content (AvgIpc) is 0.754. The second-order valence-corrected chi connectivity index (χ2v) is 32.5. The SMILES string of the molecule is CCCCCCCCCCCCCCCCCCCCCCCC/C=C/C(O)C(COC1OC(CO)C(OC2OC(CO)C(O)C(OC3(C(=O)O)CC(O)C(NC(C)=O)C(C(O)C(O)CO)O3)C2O)C(O)C1O)NC(=O)CCCCCCCCCCCCCCCCCCCCCCCCCCCCCCCCC. The fourth-order valence-corrected chi connectivity index (χ4v) is 15.7. The molecule has 2 amide bonds. The Labute approximate surface area is 658 Å². The molecule has 18 unspecified atom stereocenters. The van der Waals surface area contributed by atoms with Crippen molar-refractivity contribution in [2.75, 3.05) is 26.4 Å². The first kappa shape index (κ1) is 101. The van der Waals surface area contributed by atoms with Crippen LogP contribution >= 0.6 is 0 Å². The van der Waals surface area contributed by atoms with Crippen LogP contribution in [0.1, 0.15) is 380 Å². The number of carboxylic acid groups (broad SMARTS) is 1. The van der Waals surface area contributed by atoms with Gasteiger partial charge in [-0.3, -0.25) is 9.59 Å². The first-order chi connectivity index (χ1) is 52.9. The normalized spacial score (nSPS) is 25.7. The second kappa shape index (κ2) is 64.6. The van der Waals surface area contributed by atoms with Crippen LogP contribution < -0.4 is 10.6 Å². The van der Waals surface area contributed by atoms with E-state index in [0.717, 1.165) is 51.9 Å². The van der Waals surface area contributed by atoms with Gasteiger partial charge >= 0.3 is 5.97 Å². The third-order valence-corrected chi connectivity index (χ3v) is 22.7. The van der Waals surface area contributed by atoms with E-state index < -0.39 is 155 Å². The number of nitrogens with one attached hydrogen (secondary N) is 2. The molecule has 3 aliphatic rings. The molecule has 3 saturated heterocycles. The van der Waals surface area contributed by atoms with Crippen LogP contribution in [0.5, 0.6) is 0 Å². The zero-order valence-electron chi connectivity index (χ0n) is 68.4. The summed E-state index contributed by atoms with van der Waals surface area (Å²) in [6, 6.07) is -2.62. The van der Waals surface area contributed by atoms with Crippen LogP contribution in [0.25, 0.3) is 0 Å². The van der Waals surface area contributed by atoms with Crippen molar-refractivity contribution in [1.82, 2.24) is 10.6 Å². The molecule has 0 aromatic heterocycles. The molecule has 0 saturated carbocycles. The number of hydrogen-bond donors (Lipinski definition) is 14. The largest absolute Gasteiger partial charge is 0.477 e. The Kier molecular flexibility index (Phi) is 59.7. The molecular weight excluding hydrogens is 1400 g/mol. The Morgan fingerprint density at radius 3 is 1.22 bits per heavy atom. The van der Waals surface area contributed by atoms with Crippen LogP contribution in [-0.4, -0.2) is 215 Å². The Morgan fingerprint density at radius 1 is 0.477 bits per heavy atom. The number of aliphatic hydroxyl groups excluding tert-OH is 11. The minimum Gasteiger partial charge on any atom is -0.477 e. The quantitative estimate of drug-likeness (QED) is 0.0199. The number of carbonyl (C=O) groups excluding carboxylic acids is 2. The number of ether oxygens (including phenoxy) is 6. The number of carboxylic acids is 1. The number of hydrogen-bond acceptors (Lipinski definition) is 20. The molecule has 109 heavy (non-hydrogen) atoms. The molecule has 0 aliphatic carbocycles. The molecule has 18 atom stereocenters. The molecule has 0 aromatic rings. The lowest BCUT2D eigenvalue weighted by molar-refractivity contribution is -0.386. The van der Waals surface area contributed by atoms with Gasteiger partial charge in [-0.25, -0.2) is 4.79 Å². The zero-order valence-corrected chi connectivity index (χ0v) is 68.4. The highest BCUT2D eigenvalue weighted by Crippen LogP contribution is 2.39. The van der Waals surface area contributed by atoms with Gasteiger partial charge < -0.3 is 100 Å². The van der Waals surface area contributed by atoms with Crippen molar-refractivity contribution in [1.29, 1.82) is 0 Å². The van der Waals surface area contributed by atoms with Gasteiger partial charge in [0.05, 0.1) is 50.7 Å². The fourth-order valence-electron chi connectivity index (χ4n) is 15.7. The number of allylic oxidation sites excluding steroid dienone is 1. The summed E-state index contributed by atoms with van der Waals surface area (Å²) in [7, 11) is 0. The van der Waals surface area contributed by atoms with Crippen molar-refractivity contribution in [3.05, 3.63) is 12.2 Å². The summed E-state index contributed by atoms with van der Waals surface area (Å²) in [5, 5.41) is 137. The smallest absolute Gasteiger partial charge is 0.364 e. The monoisotopic (exact) mass is 1560 g/mol. The first-order valence-electron chi connectivity index (χ1n) is 44.6. The highest BCUT2D eigenvalue weighted by molar-refractivity contribution is 5.77. The number of unbranched alkanes of at least 4 members (excludes halogenated alkanes) is 52. The minimum atomic E-state index is -3.08. The van der Waals surface area contributed by atoms with E-state index >= 15 is 0 Å². The Balaban J connectivity index is 1.46. The molecule has 23 nitrogen and oxygen atoms in total. The molecule has 3 aliphatic heterocycles. The zero-order chi connectivity index (χ0) is 79.5. The highest BCUT2D eigenvalue weighted by atomic mass is 16.8. The van der Waals surface area contributed by atoms with Crippen molar-refractivity contribution in [3.63, 3.8) is 0 Å². The lowest BCUT2D eigenvalue weighted by atomic mass is 9.88. The third-order valence-electron chi connectivity index (χ3n) is 22.7. The third kappa shape index (κ3) is 43.9. The van der Waals surface area contributed by atoms with E-state index in [1.165, 1.54) is 289 Å². The Bertz CT molecular complexity index is 2210. The maximum absolute atomic E-state index is 13.6. The van der Waals surface area contributed by atoms with Crippen LogP contribution in [0, 0.1) is 0 Å². The van der Waals surface area contributed by atoms with Gasteiger partial charge in [-0.1, -0.05) is 353 Å². The van der Waals surface area contributed by atoms with Gasteiger partial charge in [-0.05, 0) is 19.3 Å². The van der Waals surface area contributed by atoms with Crippen LogP contribution in [0.4, 0.5) is 0 Å². The molecule has 3 rings (SSSR count). The molecule has 14 N–H and O–H groups in total. The van der Waals surface area contributed by atoms with E-state index in [0.29, 0.717) is 12.8 Å². The first-order valence-corrected chi connectivity index (χ1v) is 44.6. The van der Waals surface area contributed by atoms with Crippen LogP contribution in [-0.2, 0) is 42.8 Å². The van der Waals surface area contributed by atoms with E-state index in [-0.39, 0.29) is 12.3 Å². The molecule has 23 heteroatoms. The van der Waals surface area contributed by atoms with E-state index in [1.54, 1.807) is 6.08 Å². The van der Waals surface area contributed by atoms with E-state index in [2.05, 4.69) is 24.5 Å². The molecule has 3 heterocycles. The fraction of sp³-hybridized carbons (Fsp3) is 0.942. The molecule has 0 aromatic carbocycles. The van der Waals surface area contributed by atoms with E-state index in [9.17, 15) is 75.7 Å². The van der Waals surface area contributed by atoms with Gasteiger partial charge in [-0.15, -0.1) is 0 Å². The van der Waals surface area contributed by atoms with Crippen LogP contribution in [0.3, 0.4) is 0 Å². The van der Waals surface area contributed by atoms with Gasteiger partial charge in [0.25, 0.3) is 5.79 Å². The maximum atomic E-state index is 13.6. The summed E-state index contributed by atoms with van der Waals surface area (Å²) >= 11 is 0. The standard InChI is InChI=1S/C86H162N2O21/c1-4-6-8-10-12-14-16-18-20-22-24-26-28-30-31-32-33-34-35-36-38-40-42-44-46-48-50-52-54-56-58-60-73(96)88-67(68(93)59-57-55-53-51-49-47-45-43-41-39-37-29-27-25-23-21-19-17-15-13-11-9-7-5-2)65-104-83-78(100)77(99)80(72(64-91)106-83)107-84-79(101)82(76(98)71(63-90)105-84)109-86(85(102)103)61-69(94)74(87-66(3)92)81(108-86)75(97)70(95)62-89/h57,59,67-72,74-84,89-91,93-95,97-101H,4-56,58,60-65H2,1-3H3,(H,87,92)(H,88,96)(H,102,103)/b59-57+. The average molecular weight is 1560 g/mol. The summed E-state index contributed by atoms with van der Waals surface area (Å²) in [5.74, 6) is -6.13. The lowest BCUT2D eigenvalue weighted by Crippen LogP contribution is -2.70. The Hall–Kier alpha value is -2.53. The topological polar surface area (TPSA) is 373 Å². The van der Waals surface area contributed by atoms with Gasteiger partial charge in [-0.2, -0.15) is 0 Å². The number of carbonyl (C=O) groups is 3. The van der Waals surface area contributed by atoms with E-state index in [4.69, 9.17) is 28.4 Å². The van der Waals surface area contributed by atoms with Gasteiger partial charge in [0.15, 0.2) is 12.6 Å².